The highest BCUT2D eigenvalue weighted by atomic mass is 32.2. The Morgan fingerprint density at radius 1 is 1.10 bits per heavy atom. The molecule has 0 spiro atoms. The average Bonchev–Trinajstić information content (AvgIpc) is 3.33. The van der Waals surface area contributed by atoms with Crippen molar-refractivity contribution in [1.29, 1.82) is 5.26 Å². The minimum atomic E-state index is -0.580. The molecule has 5 nitrogen and oxygen atoms in total. The van der Waals surface area contributed by atoms with Crippen molar-refractivity contribution < 1.29 is 9.21 Å². The van der Waals surface area contributed by atoms with Crippen LogP contribution in [0.25, 0.3) is 0 Å². The Balaban J connectivity index is 1.68. The van der Waals surface area contributed by atoms with Crippen LogP contribution in [0.5, 0.6) is 0 Å². The molecule has 1 aliphatic rings. The summed E-state index contributed by atoms with van der Waals surface area (Å²) in [5.74, 6) is 0.423. The number of benzene rings is 2. The summed E-state index contributed by atoms with van der Waals surface area (Å²) in [6.07, 6.45) is 1.56. The molecule has 0 aliphatic carbocycles. The van der Waals surface area contributed by atoms with Gasteiger partial charge < -0.3 is 15.1 Å². The molecule has 31 heavy (non-hydrogen) atoms. The Morgan fingerprint density at radius 2 is 1.81 bits per heavy atom. The molecule has 0 unspecified atom stereocenters. The summed E-state index contributed by atoms with van der Waals surface area (Å²) >= 11 is 1.54. The molecule has 0 radical (unpaired) electrons. The van der Waals surface area contributed by atoms with Gasteiger partial charge in [0.2, 0.25) is 0 Å². The van der Waals surface area contributed by atoms with E-state index in [1.165, 1.54) is 0 Å². The number of nitriles is 1. The summed E-state index contributed by atoms with van der Waals surface area (Å²) in [5, 5.41) is 17.0. The predicted octanol–water partition coefficient (Wildman–Crippen LogP) is 5.55. The molecular formula is C25H21N3O2S. The van der Waals surface area contributed by atoms with Crippen molar-refractivity contribution in [3.63, 3.8) is 0 Å². The standard InChI is InChI=1S/C25H21N3O2S/c1-17-22(24(29)28-19-11-6-3-7-12-19)23(21-13-8-14-30-21)20(15-26)25(27-17)31-16-18-9-4-2-5-10-18/h2-14,23,27H,16H2,1H3,(H,28,29)/t23-/m0/s1. The fraction of sp³-hybridized carbons (Fsp3) is 0.120. The zero-order valence-corrected chi connectivity index (χ0v) is 17.8. The number of dihydropyridines is 1. The fourth-order valence-corrected chi connectivity index (χ4v) is 4.56. The monoisotopic (exact) mass is 427 g/mol. The van der Waals surface area contributed by atoms with Crippen molar-refractivity contribution in [2.45, 2.75) is 18.6 Å². The highest BCUT2D eigenvalue weighted by Crippen LogP contribution is 2.41. The number of hydrogen-bond acceptors (Lipinski definition) is 5. The summed E-state index contributed by atoms with van der Waals surface area (Å²) in [7, 11) is 0. The number of hydrogen-bond donors (Lipinski definition) is 2. The van der Waals surface area contributed by atoms with Crippen LogP contribution in [-0.2, 0) is 10.5 Å². The quantitative estimate of drug-likeness (QED) is 0.539. The van der Waals surface area contributed by atoms with Crippen LogP contribution in [-0.4, -0.2) is 5.91 Å². The molecule has 2 heterocycles. The molecule has 1 atom stereocenters. The fourth-order valence-electron chi connectivity index (χ4n) is 3.52. The van der Waals surface area contributed by atoms with Crippen molar-refractivity contribution in [2.24, 2.45) is 0 Å². The largest absolute Gasteiger partial charge is 0.468 e. The second kappa shape index (κ2) is 9.41. The number of rotatable bonds is 6. The van der Waals surface area contributed by atoms with E-state index in [-0.39, 0.29) is 5.91 Å². The Bertz CT molecular complexity index is 1160. The molecule has 1 aromatic heterocycles. The summed E-state index contributed by atoms with van der Waals surface area (Å²) in [4.78, 5) is 13.2. The van der Waals surface area contributed by atoms with Crippen molar-refractivity contribution >= 4 is 23.4 Å². The van der Waals surface area contributed by atoms with E-state index in [0.29, 0.717) is 34.0 Å². The molecule has 2 aromatic carbocycles. The first-order valence-corrected chi connectivity index (χ1v) is 10.8. The number of furan rings is 1. The van der Waals surface area contributed by atoms with Crippen LogP contribution in [0.4, 0.5) is 5.69 Å². The summed E-state index contributed by atoms with van der Waals surface area (Å²) in [5.41, 5.74) is 3.49. The van der Waals surface area contributed by atoms with Gasteiger partial charge in [0, 0.05) is 17.1 Å². The van der Waals surface area contributed by atoms with Crippen LogP contribution >= 0.6 is 11.8 Å². The summed E-state index contributed by atoms with van der Waals surface area (Å²) in [6, 6.07) is 25.2. The predicted molar refractivity (Wildman–Crippen MR) is 123 cm³/mol. The number of nitrogens with zero attached hydrogens (tertiary/aromatic N) is 1. The SMILES string of the molecule is CC1=C(C(=O)Nc2ccccc2)[C@H](c2ccco2)C(C#N)=C(SCc2ccccc2)N1. The van der Waals surface area contributed by atoms with Gasteiger partial charge in [-0.2, -0.15) is 5.26 Å². The van der Waals surface area contributed by atoms with Gasteiger partial charge in [-0.05, 0) is 36.8 Å². The van der Waals surface area contributed by atoms with Gasteiger partial charge in [0.1, 0.15) is 5.76 Å². The second-order valence-electron chi connectivity index (χ2n) is 7.06. The number of para-hydroxylation sites is 1. The number of carbonyl (C=O) groups excluding carboxylic acids is 1. The van der Waals surface area contributed by atoms with Crippen molar-refractivity contribution in [2.75, 3.05) is 5.32 Å². The van der Waals surface area contributed by atoms with E-state index in [4.69, 9.17) is 4.42 Å². The van der Waals surface area contributed by atoms with Gasteiger partial charge in [0.25, 0.3) is 5.91 Å². The maximum absolute atomic E-state index is 13.2. The first-order valence-electron chi connectivity index (χ1n) is 9.86. The van der Waals surface area contributed by atoms with Crippen molar-refractivity contribution in [3.05, 3.63) is 112 Å². The van der Waals surface area contributed by atoms with Crippen molar-refractivity contribution in [1.82, 2.24) is 5.32 Å². The number of carbonyl (C=O) groups is 1. The number of amides is 1. The van der Waals surface area contributed by atoms with Gasteiger partial charge in [0.15, 0.2) is 0 Å². The lowest BCUT2D eigenvalue weighted by atomic mass is 9.85. The van der Waals surface area contributed by atoms with E-state index in [1.54, 1.807) is 30.2 Å². The molecule has 3 aromatic rings. The molecule has 2 N–H and O–H groups in total. The maximum Gasteiger partial charge on any atom is 0.254 e. The van der Waals surface area contributed by atoms with Crippen LogP contribution in [0.1, 0.15) is 24.2 Å². The summed E-state index contributed by atoms with van der Waals surface area (Å²) in [6.45, 7) is 1.85. The third-order valence-electron chi connectivity index (χ3n) is 4.98. The molecule has 4 rings (SSSR count). The van der Waals surface area contributed by atoms with Crippen LogP contribution in [0.3, 0.4) is 0 Å². The zero-order chi connectivity index (χ0) is 21.6. The second-order valence-corrected chi connectivity index (χ2v) is 8.05. The molecule has 1 amide bonds. The highest BCUT2D eigenvalue weighted by Gasteiger charge is 2.36. The summed E-state index contributed by atoms with van der Waals surface area (Å²) < 4.78 is 5.66. The first kappa shape index (κ1) is 20.6. The van der Waals surface area contributed by atoms with Crippen molar-refractivity contribution in [3.8, 4) is 6.07 Å². The van der Waals surface area contributed by atoms with E-state index < -0.39 is 5.92 Å². The smallest absolute Gasteiger partial charge is 0.254 e. The molecule has 0 saturated carbocycles. The highest BCUT2D eigenvalue weighted by molar-refractivity contribution is 8.02. The molecule has 0 bridgehead atoms. The van der Waals surface area contributed by atoms with Crippen LogP contribution in [0.15, 0.2) is 105 Å². The van der Waals surface area contributed by atoms with E-state index >= 15 is 0 Å². The van der Waals surface area contributed by atoms with E-state index in [1.807, 2.05) is 67.6 Å². The third kappa shape index (κ3) is 4.57. The molecule has 6 heteroatoms. The van der Waals surface area contributed by atoms with E-state index in [9.17, 15) is 10.1 Å². The maximum atomic E-state index is 13.2. The van der Waals surface area contributed by atoms with E-state index in [2.05, 4.69) is 16.7 Å². The van der Waals surface area contributed by atoms with Gasteiger partial charge in [-0.15, -0.1) is 11.8 Å². The van der Waals surface area contributed by atoms with Gasteiger partial charge in [0.05, 0.1) is 34.4 Å². The van der Waals surface area contributed by atoms with Gasteiger partial charge in [-0.25, -0.2) is 0 Å². The Hall–Kier alpha value is -3.69. The van der Waals surface area contributed by atoms with Gasteiger partial charge in [-0.1, -0.05) is 48.5 Å². The molecule has 154 valence electrons. The minimum Gasteiger partial charge on any atom is -0.468 e. The normalized spacial score (nSPS) is 15.9. The minimum absolute atomic E-state index is 0.266. The lowest BCUT2D eigenvalue weighted by molar-refractivity contribution is -0.113. The first-order chi connectivity index (χ1) is 15.2. The molecular weight excluding hydrogens is 406 g/mol. The number of thioether (sulfide) groups is 1. The molecule has 1 aliphatic heterocycles. The van der Waals surface area contributed by atoms with E-state index in [0.717, 1.165) is 10.6 Å². The number of nitrogens with one attached hydrogen (secondary N) is 2. The molecule has 0 fully saturated rings. The Labute approximate surface area is 185 Å². The Kier molecular flexibility index (Phi) is 6.25. The van der Waals surface area contributed by atoms with Crippen LogP contribution in [0, 0.1) is 11.3 Å². The zero-order valence-electron chi connectivity index (χ0n) is 17.0. The third-order valence-corrected chi connectivity index (χ3v) is 6.07. The average molecular weight is 428 g/mol. The Morgan fingerprint density at radius 3 is 2.45 bits per heavy atom. The van der Waals surface area contributed by atoms with Crippen LogP contribution < -0.4 is 10.6 Å². The number of anilines is 1. The van der Waals surface area contributed by atoms with Gasteiger partial charge in [-0.3, -0.25) is 4.79 Å². The van der Waals surface area contributed by atoms with Gasteiger partial charge >= 0.3 is 0 Å². The number of allylic oxidation sites excluding steroid dienone is 2. The van der Waals surface area contributed by atoms with Crippen LogP contribution in [0.2, 0.25) is 0 Å². The lowest BCUT2D eigenvalue weighted by Gasteiger charge is -2.28. The lowest BCUT2D eigenvalue weighted by Crippen LogP contribution is -2.30. The topological polar surface area (TPSA) is 78.1 Å². The molecule has 0 saturated heterocycles.